The molecule has 2 aromatic rings. The topological polar surface area (TPSA) is 83.6 Å². The van der Waals surface area contributed by atoms with Gasteiger partial charge in [0.25, 0.3) is 5.91 Å². The first kappa shape index (κ1) is 11.2. The van der Waals surface area contributed by atoms with Crippen LogP contribution in [0.15, 0.2) is 24.7 Å². The maximum Gasteiger partial charge on any atom is 0.252 e. The van der Waals surface area contributed by atoms with Crippen molar-refractivity contribution in [1.82, 2.24) is 25.5 Å². The minimum absolute atomic E-state index is 0.212. The van der Waals surface area contributed by atoms with Crippen molar-refractivity contribution in [1.29, 1.82) is 0 Å². The number of pyridine rings is 1. The van der Waals surface area contributed by atoms with Crippen molar-refractivity contribution in [3.05, 3.63) is 42.0 Å². The van der Waals surface area contributed by atoms with Crippen LogP contribution in [-0.2, 0) is 0 Å². The van der Waals surface area contributed by atoms with E-state index in [9.17, 15) is 9.18 Å². The van der Waals surface area contributed by atoms with Crippen molar-refractivity contribution in [2.45, 2.75) is 13.0 Å². The maximum atomic E-state index is 12.8. The highest BCUT2D eigenvalue weighted by molar-refractivity contribution is 5.94. The van der Waals surface area contributed by atoms with E-state index in [1.807, 2.05) is 0 Å². The van der Waals surface area contributed by atoms with Crippen molar-refractivity contribution in [3.8, 4) is 0 Å². The molecule has 0 saturated carbocycles. The average Bonchev–Trinajstić information content (AvgIpc) is 2.82. The summed E-state index contributed by atoms with van der Waals surface area (Å²) in [6.45, 7) is 1.75. The monoisotopic (exact) mass is 235 g/mol. The molecule has 0 fully saturated rings. The van der Waals surface area contributed by atoms with E-state index in [0.717, 1.165) is 6.07 Å². The molecular formula is C10H10FN5O. The summed E-state index contributed by atoms with van der Waals surface area (Å²) in [7, 11) is 0. The van der Waals surface area contributed by atoms with Gasteiger partial charge in [-0.25, -0.2) is 9.97 Å². The third-order valence-electron chi connectivity index (χ3n) is 2.18. The normalized spacial score (nSPS) is 12.1. The first-order valence-corrected chi connectivity index (χ1v) is 4.94. The predicted molar refractivity (Wildman–Crippen MR) is 56.5 cm³/mol. The number of halogens is 1. The lowest BCUT2D eigenvalue weighted by Crippen LogP contribution is -2.27. The van der Waals surface area contributed by atoms with E-state index >= 15 is 0 Å². The summed E-state index contributed by atoms with van der Waals surface area (Å²) < 4.78 is 12.8. The SMILES string of the molecule is CC(NC(=O)c1ccnc(F)c1)c1ncn[nH]1. The fourth-order valence-electron chi connectivity index (χ4n) is 1.32. The molecule has 0 aliphatic heterocycles. The molecule has 0 aliphatic carbocycles. The number of amides is 1. The van der Waals surface area contributed by atoms with Gasteiger partial charge < -0.3 is 5.32 Å². The Kier molecular flexibility index (Phi) is 3.08. The Morgan fingerprint density at radius 2 is 2.35 bits per heavy atom. The van der Waals surface area contributed by atoms with Crippen LogP contribution >= 0.6 is 0 Å². The van der Waals surface area contributed by atoms with Gasteiger partial charge in [-0.2, -0.15) is 9.49 Å². The summed E-state index contributed by atoms with van der Waals surface area (Å²) in [6, 6.07) is 2.18. The molecule has 88 valence electrons. The zero-order valence-electron chi connectivity index (χ0n) is 9.01. The number of nitrogens with zero attached hydrogens (tertiary/aromatic N) is 3. The third-order valence-corrected chi connectivity index (χ3v) is 2.18. The molecule has 1 amide bonds. The van der Waals surface area contributed by atoms with E-state index in [1.54, 1.807) is 6.92 Å². The number of H-pyrrole nitrogens is 1. The molecule has 2 N–H and O–H groups in total. The van der Waals surface area contributed by atoms with Crippen LogP contribution in [0.3, 0.4) is 0 Å². The van der Waals surface area contributed by atoms with Gasteiger partial charge in [0.15, 0.2) is 0 Å². The Hall–Kier alpha value is -2.31. The quantitative estimate of drug-likeness (QED) is 0.772. The van der Waals surface area contributed by atoms with Gasteiger partial charge in [0.2, 0.25) is 5.95 Å². The van der Waals surface area contributed by atoms with Crippen LogP contribution in [-0.4, -0.2) is 26.1 Å². The smallest absolute Gasteiger partial charge is 0.252 e. The summed E-state index contributed by atoms with van der Waals surface area (Å²) in [5.41, 5.74) is 0.212. The highest BCUT2D eigenvalue weighted by Crippen LogP contribution is 2.07. The number of aromatic nitrogens is 4. The van der Waals surface area contributed by atoms with Gasteiger partial charge in [-0.1, -0.05) is 0 Å². The number of carbonyl (C=O) groups is 1. The maximum absolute atomic E-state index is 12.8. The Labute approximate surface area is 96.3 Å². The summed E-state index contributed by atoms with van der Waals surface area (Å²) in [6.07, 6.45) is 2.59. The molecule has 1 unspecified atom stereocenters. The molecular weight excluding hydrogens is 225 g/mol. The molecule has 0 spiro atoms. The van der Waals surface area contributed by atoms with Crippen molar-refractivity contribution in [3.63, 3.8) is 0 Å². The molecule has 0 bridgehead atoms. The van der Waals surface area contributed by atoms with E-state index < -0.39 is 11.9 Å². The van der Waals surface area contributed by atoms with Crippen molar-refractivity contribution >= 4 is 5.91 Å². The van der Waals surface area contributed by atoms with Crippen LogP contribution < -0.4 is 5.32 Å². The fourth-order valence-corrected chi connectivity index (χ4v) is 1.32. The van der Waals surface area contributed by atoms with Gasteiger partial charge in [0, 0.05) is 17.8 Å². The van der Waals surface area contributed by atoms with Gasteiger partial charge >= 0.3 is 0 Å². The molecule has 0 aliphatic rings. The van der Waals surface area contributed by atoms with Gasteiger partial charge in [0.1, 0.15) is 12.2 Å². The highest BCUT2D eigenvalue weighted by atomic mass is 19.1. The lowest BCUT2D eigenvalue weighted by atomic mass is 10.2. The van der Waals surface area contributed by atoms with Crippen LogP contribution in [0.2, 0.25) is 0 Å². The van der Waals surface area contributed by atoms with E-state index in [0.29, 0.717) is 5.82 Å². The van der Waals surface area contributed by atoms with Crippen molar-refractivity contribution in [2.24, 2.45) is 0 Å². The van der Waals surface area contributed by atoms with E-state index in [1.165, 1.54) is 18.6 Å². The molecule has 0 radical (unpaired) electrons. The minimum Gasteiger partial charge on any atom is -0.342 e. The predicted octanol–water partition coefficient (Wildman–Crippen LogP) is 0.830. The van der Waals surface area contributed by atoms with Crippen LogP contribution in [0.4, 0.5) is 4.39 Å². The second-order valence-corrected chi connectivity index (χ2v) is 3.43. The van der Waals surface area contributed by atoms with Crippen LogP contribution in [0.5, 0.6) is 0 Å². The minimum atomic E-state index is -0.690. The summed E-state index contributed by atoms with van der Waals surface area (Å²) in [4.78, 5) is 19.0. The van der Waals surface area contributed by atoms with E-state index in [-0.39, 0.29) is 11.6 Å². The van der Waals surface area contributed by atoms with Crippen molar-refractivity contribution in [2.75, 3.05) is 0 Å². The number of hydrogen-bond donors (Lipinski definition) is 2. The molecule has 0 aromatic carbocycles. The Bertz CT molecular complexity index is 513. The standard InChI is InChI=1S/C10H10FN5O/c1-6(9-13-5-14-16-9)15-10(17)7-2-3-12-8(11)4-7/h2-6H,1H3,(H,15,17)(H,13,14,16). The first-order valence-electron chi connectivity index (χ1n) is 4.94. The van der Waals surface area contributed by atoms with Crippen LogP contribution in [0.1, 0.15) is 29.1 Å². The molecule has 2 heterocycles. The zero-order valence-corrected chi connectivity index (χ0v) is 9.01. The summed E-state index contributed by atoms with van der Waals surface area (Å²) >= 11 is 0. The second-order valence-electron chi connectivity index (χ2n) is 3.43. The lowest BCUT2D eigenvalue weighted by Gasteiger charge is -2.10. The van der Waals surface area contributed by atoms with Gasteiger partial charge in [-0.3, -0.25) is 9.89 Å². The number of carbonyl (C=O) groups excluding carboxylic acids is 1. The Morgan fingerprint density at radius 3 is 3.00 bits per heavy atom. The molecule has 17 heavy (non-hydrogen) atoms. The molecule has 1 atom stereocenters. The number of hydrogen-bond acceptors (Lipinski definition) is 4. The Morgan fingerprint density at radius 1 is 1.53 bits per heavy atom. The van der Waals surface area contributed by atoms with E-state index in [2.05, 4.69) is 25.5 Å². The van der Waals surface area contributed by atoms with E-state index in [4.69, 9.17) is 0 Å². The average molecular weight is 235 g/mol. The van der Waals surface area contributed by atoms with Crippen LogP contribution in [0, 0.1) is 5.95 Å². The highest BCUT2D eigenvalue weighted by Gasteiger charge is 2.13. The van der Waals surface area contributed by atoms with Gasteiger partial charge in [-0.15, -0.1) is 0 Å². The van der Waals surface area contributed by atoms with Crippen molar-refractivity contribution < 1.29 is 9.18 Å². The number of rotatable bonds is 3. The zero-order chi connectivity index (χ0) is 12.3. The van der Waals surface area contributed by atoms with Gasteiger partial charge in [0.05, 0.1) is 6.04 Å². The number of nitrogens with one attached hydrogen (secondary N) is 2. The summed E-state index contributed by atoms with van der Waals surface area (Å²) in [5.74, 6) is -0.548. The molecule has 2 rings (SSSR count). The molecule has 6 nitrogen and oxygen atoms in total. The second kappa shape index (κ2) is 4.69. The number of aromatic amines is 1. The fraction of sp³-hybridized carbons (Fsp3) is 0.200. The van der Waals surface area contributed by atoms with Crippen LogP contribution in [0.25, 0.3) is 0 Å². The first-order chi connectivity index (χ1) is 8.16. The molecule has 0 saturated heterocycles. The third kappa shape index (κ3) is 2.63. The Balaban J connectivity index is 2.07. The summed E-state index contributed by atoms with van der Waals surface area (Å²) in [5, 5.41) is 8.98. The molecule has 2 aromatic heterocycles. The largest absolute Gasteiger partial charge is 0.342 e. The lowest BCUT2D eigenvalue weighted by molar-refractivity contribution is 0.0937. The van der Waals surface area contributed by atoms with Gasteiger partial charge in [-0.05, 0) is 13.0 Å². The molecule has 7 heteroatoms.